The van der Waals surface area contributed by atoms with Gasteiger partial charge in [0.25, 0.3) is 5.91 Å². The maximum atomic E-state index is 13.8. The molecule has 1 fully saturated rings. The van der Waals surface area contributed by atoms with E-state index in [0.29, 0.717) is 0 Å². The standard InChI is InChI=1S/C30H25BrN2OS/c31-24-16-14-21(15-17-24)19-26-29(34)33-28(22-10-5-2-6-11-22)25-13-7-12-23(27(25)32-30(33)35-26)18-20-8-3-1-4-9-20/h1-6,8-11,14-19,28,30,32H,7,12-13H2/b23-18-,26-19+. The van der Waals surface area contributed by atoms with Crippen LogP contribution in [0, 0.1) is 0 Å². The number of fused-ring (bicyclic) bond motifs is 1. The van der Waals surface area contributed by atoms with Crippen molar-refractivity contribution in [1.29, 1.82) is 0 Å². The number of rotatable bonds is 3. The molecule has 174 valence electrons. The maximum absolute atomic E-state index is 13.8. The van der Waals surface area contributed by atoms with Crippen LogP contribution in [0.4, 0.5) is 0 Å². The Hall–Kier alpha value is -3.02. The third-order valence-electron chi connectivity index (χ3n) is 6.77. The topological polar surface area (TPSA) is 32.3 Å². The molecule has 2 unspecified atom stereocenters. The highest BCUT2D eigenvalue weighted by Gasteiger charge is 2.47. The Morgan fingerprint density at radius 1 is 0.857 bits per heavy atom. The number of allylic oxidation sites excluding steroid dienone is 1. The van der Waals surface area contributed by atoms with Gasteiger partial charge in [-0.05, 0) is 71.4 Å². The van der Waals surface area contributed by atoms with Crippen molar-refractivity contribution in [3.05, 3.63) is 128 Å². The molecule has 2 heterocycles. The molecule has 3 aromatic rings. The van der Waals surface area contributed by atoms with Gasteiger partial charge < -0.3 is 5.32 Å². The van der Waals surface area contributed by atoms with Crippen LogP contribution >= 0.6 is 27.7 Å². The highest BCUT2D eigenvalue weighted by molar-refractivity contribution is 9.10. The Kier molecular flexibility index (Phi) is 6.13. The number of hydrogen-bond acceptors (Lipinski definition) is 3. The highest BCUT2D eigenvalue weighted by Crippen LogP contribution is 2.50. The van der Waals surface area contributed by atoms with E-state index in [0.717, 1.165) is 34.2 Å². The van der Waals surface area contributed by atoms with Crippen LogP contribution < -0.4 is 5.32 Å². The average molecular weight is 542 g/mol. The Balaban J connectivity index is 1.43. The minimum absolute atomic E-state index is 0.0623. The van der Waals surface area contributed by atoms with Gasteiger partial charge in [-0.15, -0.1) is 0 Å². The molecule has 0 aromatic heterocycles. The lowest BCUT2D eigenvalue weighted by atomic mass is 9.82. The summed E-state index contributed by atoms with van der Waals surface area (Å²) in [5, 5.41) is 3.77. The van der Waals surface area contributed by atoms with Gasteiger partial charge in [-0.2, -0.15) is 0 Å². The van der Waals surface area contributed by atoms with E-state index in [2.05, 4.69) is 86.8 Å². The van der Waals surface area contributed by atoms with Crippen LogP contribution in [0.3, 0.4) is 0 Å². The summed E-state index contributed by atoms with van der Waals surface area (Å²) in [7, 11) is 0. The molecule has 0 bridgehead atoms. The normalized spacial score (nSPS) is 23.9. The number of nitrogens with zero attached hydrogens (tertiary/aromatic N) is 1. The van der Waals surface area contributed by atoms with Crippen LogP contribution in [0.2, 0.25) is 0 Å². The Bertz CT molecular complexity index is 1350. The van der Waals surface area contributed by atoms with E-state index in [1.54, 1.807) is 11.8 Å². The summed E-state index contributed by atoms with van der Waals surface area (Å²) < 4.78 is 1.03. The lowest BCUT2D eigenvalue weighted by Gasteiger charge is -2.43. The predicted octanol–water partition coefficient (Wildman–Crippen LogP) is 7.52. The Morgan fingerprint density at radius 3 is 2.29 bits per heavy atom. The summed E-state index contributed by atoms with van der Waals surface area (Å²) in [6.07, 6.45) is 7.43. The minimum atomic E-state index is -0.134. The van der Waals surface area contributed by atoms with Crippen LogP contribution in [0.25, 0.3) is 12.2 Å². The van der Waals surface area contributed by atoms with Gasteiger partial charge in [0, 0.05) is 10.2 Å². The van der Waals surface area contributed by atoms with Crippen molar-refractivity contribution in [3.8, 4) is 0 Å². The molecule has 0 saturated carbocycles. The SMILES string of the molecule is O=C1/C(=C\c2ccc(Br)cc2)SC2NC3=C(CCC/C3=C/c3ccccc3)C(c3ccccc3)N12. The average Bonchev–Trinajstić information content (AvgIpc) is 3.20. The number of nitrogens with one attached hydrogen (secondary N) is 1. The molecular weight excluding hydrogens is 516 g/mol. The first-order valence-electron chi connectivity index (χ1n) is 11.9. The summed E-state index contributed by atoms with van der Waals surface area (Å²) in [6, 6.07) is 29.0. The fourth-order valence-electron chi connectivity index (χ4n) is 5.19. The third kappa shape index (κ3) is 4.39. The smallest absolute Gasteiger partial charge is 0.263 e. The quantitative estimate of drug-likeness (QED) is 0.348. The van der Waals surface area contributed by atoms with Crippen LogP contribution in [-0.2, 0) is 4.79 Å². The number of carbonyl (C=O) groups is 1. The van der Waals surface area contributed by atoms with E-state index in [4.69, 9.17) is 0 Å². The van der Waals surface area contributed by atoms with Crippen LogP contribution in [0.15, 0.2) is 111 Å². The fourth-order valence-corrected chi connectivity index (χ4v) is 6.61. The van der Waals surface area contributed by atoms with Gasteiger partial charge in [-0.25, -0.2) is 0 Å². The van der Waals surface area contributed by atoms with Crippen molar-refractivity contribution < 1.29 is 4.79 Å². The summed E-state index contributed by atoms with van der Waals surface area (Å²) >= 11 is 5.11. The highest BCUT2D eigenvalue weighted by atomic mass is 79.9. The lowest BCUT2D eigenvalue weighted by Crippen LogP contribution is -2.49. The zero-order valence-corrected chi connectivity index (χ0v) is 21.6. The van der Waals surface area contributed by atoms with Crippen LogP contribution in [0.1, 0.15) is 42.0 Å². The summed E-state index contributed by atoms with van der Waals surface area (Å²) in [6.45, 7) is 0. The fraction of sp³-hybridized carbons (Fsp3) is 0.167. The molecule has 2 atom stereocenters. The van der Waals surface area contributed by atoms with Gasteiger partial charge in [0.05, 0.1) is 10.9 Å². The van der Waals surface area contributed by atoms with Crippen molar-refractivity contribution >= 4 is 45.8 Å². The van der Waals surface area contributed by atoms with Crippen molar-refractivity contribution in [3.63, 3.8) is 0 Å². The van der Waals surface area contributed by atoms with E-state index >= 15 is 0 Å². The molecule has 3 nitrogen and oxygen atoms in total. The van der Waals surface area contributed by atoms with E-state index in [-0.39, 0.29) is 17.4 Å². The second-order valence-corrected chi connectivity index (χ2v) is 11.1. The van der Waals surface area contributed by atoms with Gasteiger partial charge in [-0.1, -0.05) is 100 Å². The molecule has 1 aliphatic carbocycles. The molecular formula is C30H25BrN2OS. The largest absolute Gasteiger partial charge is 0.356 e. The number of halogens is 1. The molecule has 3 aliphatic rings. The predicted molar refractivity (Wildman–Crippen MR) is 148 cm³/mol. The lowest BCUT2D eigenvalue weighted by molar-refractivity contribution is -0.128. The molecule has 5 heteroatoms. The summed E-state index contributed by atoms with van der Waals surface area (Å²) in [5.41, 5.74) is 7.15. The van der Waals surface area contributed by atoms with Crippen LogP contribution in [-0.4, -0.2) is 16.3 Å². The van der Waals surface area contributed by atoms with Crippen molar-refractivity contribution in [1.82, 2.24) is 10.2 Å². The molecule has 6 rings (SSSR count). The van der Waals surface area contributed by atoms with Gasteiger partial charge in [0.1, 0.15) is 0 Å². The maximum Gasteiger partial charge on any atom is 0.263 e. The van der Waals surface area contributed by atoms with E-state index in [1.807, 2.05) is 36.4 Å². The van der Waals surface area contributed by atoms with Crippen molar-refractivity contribution in [2.45, 2.75) is 30.8 Å². The summed E-state index contributed by atoms with van der Waals surface area (Å²) in [4.78, 5) is 16.6. The number of amides is 1. The first kappa shape index (κ1) is 22.4. The number of carbonyl (C=O) groups excluding carboxylic acids is 1. The van der Waals surface area contributed by atoms with E-state index in [9.17, 15) is 4.79 Å². The van der Waals surface area contributed by atoms with Crippen LogP contribution in [0.5, 0.6) is 0 Å². The number of benzene rings is 3. The molecule has 3 aromatic carbocycles. The summed E-state index contributed by atoms with van der Waals surface area (Å²) in [5.74, 6) is 0.0926. The zero-order chi connectivity index (χ0) is 23.8. The minimum Gasteiger partial charge on any atom is -0.356 e. The molecule has 0 radical (unpaired) electrons. The number of thioether (sulfide) groups is 1. The van der Waals surface area contributed by atoms with E-state index < -0.39 is 0 Å². The van der Waals surface area contributed by atoms with Crippen molar-refractivity contribution in [2.75, 3.05) is 0 Å². The van der Waals surface area contributed by atoms with Crippen molar-refractivity contribution in [2.24, 2.45) is 0 Å². The molecule has 0 spiro atoms. The molecule has 1 N–H and O–H groups in total. The monoisotopic (exact) mass is 540 g/mol. The van der Waals surface area contributed by atoms with Gasteiger partial charge in [0.2, 0.25) is 0 Å². The molecule has 1 saturated heterocycles. The molecule has 1 amide bonds. The van der Waals surface area contributed by atoms with E-state index in [1.165, 1.54) is 28.0 Å². The Labute approximate surface area is 218 Å². The first-order valence-corrected chi connectivity index (χ1v) is 13.6. The number of hydrogen-bond donors (Lipinski definition) is 1. The van der Waals surface area contributed by atoms with Gasteiger partial charge in [0.15, 0.2) is 5.50 Å². The second kappa shape index (κ2) is 9.56. The van der Waals surface area contributed by atoms with Gasteiger partial charge >= 0.3 is 0 Å². The Morgan fingerprint density at radius 2 is 1.54 bits per heavy atom. The molecule has 2 aliphatic heterocycles. The van der Waals surface area contributed by atoms with Gasteiger partial charge in [-0.3, -0.25) is 9.69 Å². The second-order valence-electron chi connectivity index (χ2n) is 9.03. The molecule has 35 heavy (non-hydrogen) atoms. The zero-order valence-electron chi connectivity index (χ0n) is 19.2. The third-order valence-corrected chi connectivity index (χ3v) is 8.41. The first-order chi connectivity index (χ1) is 17.2.